The molecule has 0 saturated carbocycles. The lowest BCUT2D eigenvalue weighted by Gasteiger charge is -2.20. The van der Waals surface area contributed by atoms with Crippen molar-refractivity contribution >= 4 is 24.0 Å². The zero-order valence-electron chi connectivity index (χ0n) is 15.4. The van der Waals surface area contributed by atoms with Crippen LogP contribution in [0.5, 0.6) is 11.5 Å². The maximum atomic E-state index is 12.8. The number of fused-ring (bicyclic) bond motifs is 2. The smallest absolute Gasteiger partial charge is 0.201 e. The zero-order chi connectivity index (χ0) is 19.7. The topological polar surface area (TPSA) is 99.5 Å². The minimum atomic E-state index is -0.546. The quantitative estimate of drug-likeness (QED) is 0.437. The standard InChI is InChI=1S/C22H18N2O4.ClH/c25-17-6-3-5-15-19(17)22(28)20-16(21(15)27)10-13(11-18(20)26)12-23-9-7-14-4-1-2-8-24-14;/h1-6,8,10-11,23,25-26H,7,9,12H2;1H. The van der Waals surface area contributed by atoms with Crippen molar-refractivity contribution in [3.63, 3.8) is 0 Å². The van der Waals surface area contributed by atoms with Crippen LogP contribution in [-0.4, -0.2) is 33.3 Å². The van der Waals surface area contributed by atoms with Gasteiger partial charge in [-0.25, -0.2) is 0 Å². The number of phenolic OH excluding ortho intramolecular Hbond substituents is 2. The third-order valence-corrected chi connectivity index (χ3v) is 4.78. The summed E-state index contributed by atoms with van der Waals surface area (Å²) in [7, 11) is 0. The molecule has 0 radical (unpaired) electrons. The number of benzene rings is 2. The van der Waals surface area contributed by atoms with Crippen LogP contribution in [0.1, 0.15) is 43.1 Å². The van der Waals surface area contributed by atoms with Crippen molar-refractivity contribution < 1.29 is 19.8 Å². The van der Waals surface area contributed by atoms with Gasteiger partial charge >= 0.3 is 0 Å². The fourth-order valence-corrected chi connectivity index (χ4v) is 3.44. The molecule has 0 saturated heterocycles. The van der Waals surface area contributed by atoms with Gasteiger partial charge in [0.15, 0.2) is 5.78 Å². The lowest BCUT2D eigenvalue weighted by molar-refractivity contribution is 0.0974. The molecule has 3 N–H and O–H groups in total. The van der Waals surface area contributed by atoms with Crippen molar-refractivity contribution in [2.24, 2.45) is 0 Å². The van der Waals surface area contributed by atoms with Crippen LogP contribution in [0, 0.1) is 0 Å². The third-order valence-electron chi connectivity index (χ3n) is 4.78. The van der Waals surface area contributed by atoms with Crippen molar-refractivity contribution in [1.29, 1.82) is 0 Å². The highest BCUT2D eigenvalue weighted by Crippen LogP contribution is 2.37. The Bertz CT molecular complexity index is 1080. The number of rotatable bonds is 5. The number of carbonyl (C=O) groups excluding carboxylic acids is 2. The highest BCUT2D eigenvalue weighted by Gasteiger charge is 2.34. The fourth-order valence-electron chi connectivity index (χ4n) is 3.44. The van der Waals surface area contributed by atoms with E-state index in [2.05, 4.69) is 10.3 Å². The number of nitrogens with one attached hydrogen (secondary N) is 1. The number of nitrogens with zero attached hydrogens (tertiary/aromatic N) is 1. The van der Waals surface area contributed by atoms with E-state index in [1.807, 2.05) is 18.2 Å². The Labute approximate surface area is 173 Å². The van der Waals surface area contributed by atoms with Gasteiger partial charge in [0.1, 0.15) is 11.5 Å². The van der Waals surface area contributed by atoms with Gasteiger partial charge in [-0.15, -0.1) is 12.4 Å². The Balaban J connectivity index is 0.00000240. The van der Waals surface area contributed by atoms with Crippen LogP contribution in [0.3, 0.4) is 0 Å². The van der Waals surface area contributed by atoms with Gasteiger partial charge in [-0.05, 0) is 35.9 Å². The summed E-state index contributed by atoms with van der Waals surface area (Å²) in [5.41, 5.74) is 1.86. The number of hydrogen-bond donors (Lipinski definition) is 3. The zero-order valence-corrected chi connectivity index (χ0v) is 16.2. The Kier molecular flexibility index (Phi) is 5.96. The lowest BCUT2D eigenvalue weighted by atomic mass is 9.82. The van der Waals surface area contributed by atoms with Crippen LogP contribution in [0.25, 0.3) is 0 Å². The van der Waals surface area contributed by atoms with Gasteiger partial charge in [-0.2, -0.15) is 0 Å². The van der Waals surface area contributed by atoms with Crippen LogP contribution in [-0.2, 0) is 13.0 Å². The summed E-state index contributed by atoms with van der Waals surface area (Å²) >= 11 is 0. The van der Waals surface area contributed by atoms with Crippen molar-refractivity contribution in [2.75, 3.05) is 6.54 Å². The normalized spacial score (nSPS) is 12.1. The highest BCUT2D eigenvalue weighted by molar-refractivity contribution is 6.30. The number of pyridine rings is 1. The summed E-state index contributed by atoms with van der Waals surface area (Å²) in [6.45, 7) is 1.11. The summed E-state index contributed by atoms with van der Waals surface area (Å²) in [5.74, 6) is -1.45. The van der Waals surface area contributed by atoms with Crippen LogP contribution < -0.4 is 5.32 Å². The molecule has 0 bridgehead atoms. The monoisotopic (exact) mass is 410 g/mol. The summed E-state index contributed by atoms with van der Waals surface area (Å²) in [4.78, 5) is 29.8. The minimum absolute atomic E-state index is 0. The molecule has 0 fully saturated rings. The lowest BCUT2D eigenvalue weighted by Crippen LogP contribution is -2.22. The van der Waals surface area contributed by atoms with E-state index in [1.54, 1.807) is 12.3 Å². The molecule has 1 aromatic heterocycles. The van der Waals surface area contributed by atoms with Crippen LogP contribution in [0.15, 0.2) is 54.7 Å². The van der Waals surface area contributed by atoms with E-state index in [0.717, 1.165) is 12.1 Å². The van der Waals surface area contributed by atoms with Crippen molar-refractivity contribution in [3.05, 3.63) is 88.2 Å². The summed E-state index contributed by atoms with van der Waals surface area (Å²) in [5, 5.41) is 23.6. The molecule has 0 unspecified atom stereocenters. The van der Waals surface area contributed by atoms with Crippen LogP contribution in [0.4, 0.5) is 0 Å². The van der Waals surface area contributed by atoms with Gasteiger partial charge in [0, 0.05) is 42.5 Å². The SMILES string of the molecule is Cl.O=C1c2cccc(O)c2C(=O)c2c(O)cc(CNCCc3ccccn3)cc21. The molecule has 0 aliphatic heterocycles. The maximum absolute atomic E-state index is 12.8. The Morgan fingerprint density at radius 2 is 1.66 bits per heavy atom. The maximum Gasteiger partial charge on any atom is 0.201 e. The molecule has 7 heteroatoms. The molecule has 0 spiro atoms. The number of aromatic nitrogens is 1. The molecule has 0 atom stereocenters. The van der Waals surface area contributed by atoms with E-state index < -0.39 is 5.78 Å². The number of hydrogen-bond acceptors (Lipinski definition) is 6. The fraction of sp³-hybridized carbons (Fsp3) is 0.136. The summed E-state index contributed by atoms with van der Waals surface area (Å²) < 4.78 is 0. The molecular weight excluding hydrogens is 392 g/mol. The molecule has 1 aliphatic rings. The minimum Gasteiger partial charge on any atom is -0.507 e. The second kappa shape index (κ2) is 8.43. The Morgan fingerprint density at radius 1 is 0.862 bits per heavy atom. The first-order valence-electron chi connectivity index (χ1n) is 8.94. The largest absolute Gasteiger partial charge is 0.507 e. The molecule has 1 heterocycles. The van der Waals surface area contributed by atoms with Gasteiger partial charge < -0.3 is 15.5 Å². The molecule has 148 valence electrons. The third kappa shape index (κ3) is 3.85. The van der Waals surface area contributed by atoms with E-state index in [0.29, 0.717) is 18.7 Å². The molecule has 4 rings (SSSR count). The Morgan fingerprint density at radius 3 is 2.41 bits per heavy atom. The van der Waals surface area contributed by atoms with Crippen molar-refractivity contribution in [3.8, 4) is 11.5 Å². The second-order valence-electron chi connectivity index (χ2n) is 6.64. The summed E-state index contributed by atoms with van der Waals surface area (Å²) in [6.07, 6.45) is 2.50. The molecule has 1 aliphatic carbocycles. The molecule has 3 aromatic rings. The molecular formula is C22H19ClN2O4. The van der Waals surface area contributed by atoms with E-state index >= 15 is 0 Å². The van der Waals surface area contributed by atoms with E-state index in [-0.39, 0.29) is 51.9 Å². The van der Waals surface area contributed by atoms with Gasteiger partial charge in [0.2, 0.25) is 5.78 Å². The van der Waals surface area contributed by atoms with E-state index in [1.165, 1.54) is 24.3 Å². The van der Waals surface area contributed by atoms with Crippen molar-refractivity contribution in [2.45, 2.75) is 13.0 Å². The first kappa shape index (κ1) is 20.5. The van der Waals surface area contributed by atoms with Gasteiger partial charge in [-0.3, -0.25) is 14.6 Å². The highest BCUT2D eigenvalue weighted by atomic mass is 35.5. The average molecular weight is 411 g/mol. The van der Waals surface area contributed by atoms with Gasteiger partial charge in [-0.1, -0.05) is 18.2 Å². The molecule has 2 aromatic carbocycles. The first-order valence-corrected chi connectivity index (χ1v) is 8.94. The first-order chi connectivity index (χ1) is 13.6. The predicted octanol–water partition coefficient (Wildman–Crippen LogP) is 3.02. The Hall–Kier alpha value is -3.22. The average Bonchev–Trinajstić information content (AvgIpc) is 2.69. The molecule has 0 amide bonds. The van der Waals surface area contributed by atoms with Gasteiger partial charge in [0.25, 0.3) is 0 Å². The summed E-state index contributed by atoms with van der Waals surface area (Å²) in [6, 6.07) is 13.2. The van der Waals surface area contributed by atoms with Crippen LogP contribution in [0.2, 0.25) is 0 Å². The number of ketones is 2. The van der Waals surface area contributed by atoms with Crippen molar-refractivity contribution in [1.82, 2.24) is 10.3 Å². The molecule has 6 nitrogen and oxygen atoms in total. The second-order valence-corrected chi connectivity index (χ2v) is 6.64. The van der Waals surface area contributed by atoms with Gasteiger partial charge in [0.05, 0.1) is 11.1 Å². The predicted molar refractivity (Wildman–Crippen MR) is 110 cm³/mol. The number of phenols is 2. The van der Waals surface area contributed by atoms with E-state index in [9.17, 15) is 19.8 Å². The molecule has 29 heavy (non-hydrogen) atoms. The van der Waals surface area contributed by atoms with E-state index in [4.69, 9.17) is 0 Å². The van der Waals surface area contributed by atoms with Crippen LogP contribution >= 0.6 is 12.4 Å². The number of halogens is 1. The number of aromatic hydroxyl groups is 2. The number of carbonyl (C=O) groups is 2.